The van der Waals surface area contributed by atoms with Gasteiger partial charge >= 0.3 is 0 Å². The monoisotopic (exact) mass is 270 g/mol. The average molecular weight is 271 g/mol. The van der Waals surface area contributed by atoms with Gasteiger partial charge in [-0.1, -0.05) is 17.7 Å². The number of piperazine rings is 1. The molecule has 1 heterocycles. The Kier molecular flexibility index (Phi) is 3.95. The molecule has 1 N–H and O–H groups in total. The van der Waals surface area contributed by atoms with E-state index in [0.717, 1.165) is 25.2 Å². The van der Waals surface area contributed by atoms with Crippen molar-refractivity contribution in [1.29, 1.82) is 0 Å². The van der Waals surface area contributed by atoms with Crippen LogP contribution in [0.1, 0.15) is 26.3 Å². The molecule has 2 nitrogen and oxygen atoms in total. The number of nitrogens with zero attached hydrogens (tertiary/aromatic N) is 1. The summed E-state index contributed by atoms with van der Waals surface area (Å²) in [4.78, 5) is 2.41. The molecule has 100 valence electrons. The van der Waals surface area contributed by atoms with Gasteiger partial charge in [0.05, 0.1) is 5.02 Å². The zero-order valence-electron chi connectivity index (χ0n) is 11.1. The molecular weight excluding hydrogens is 251 g/mol. The molecular formula is C14H20ClFN2. The maximum atomic E-state index is 13.1. The predicted octanol–water partition coefficient (Wildman–Crippen LogP) is 3.05. The fourth-order valence-electron chi connectivity index (χ4n) is 2.31. The molecule has 0 spiro atoms. The van der Waals surface area contributed by atoms with Crippen LogP contribution in [0.4, 0.5) is 4.39 Å². The molecule has 1 atom stereocenters. The van der Waals surface area contributed by atoms with Gasteiger partial charge in [-0.15, -0.1) is 0 Å². The SMILES string of the molecule is CC1CN(Cc2ccc(F)c(Cl)c2)C(C)(C)CN1. The highest BCUT2D eigenvalue weighted by atomic mass is 35.5. The summed E-state index contributed by atoms with van der Waals surface area (Å²) in [5, 5.41) is 3.68. The van der Waals surface area contributed by atoms with Crippen LogP contribution < -0.4 is 5.32 Å². The third-order valence-electron chi connectivity index (χ3n) is 3.59. The lowest BCUT2D eigenvalue weighted by atomic mass is 9.97. The van der Waals surface area contributed by atoms with Crippen LogP contribution in [-0.4, -0.2) is 29.6 Å². The van der Waals surface area contributed by atoms with E-state index >= 15 is 0 Å². The summed E-state index contributed by atoms with van der Waals surface area (Å²) in [5.41, 5.74) is 1.16. The van der Waals surface area contributed by atoms with Crippen molar-refractivity contribution in [2.45, 2.75) is 38.9 Å². The van der Waals surface area contributed by atoms with Crippen LogP contribution in [0.25, 0.3) is 0 Å². The molecule has 1 aromatic rings. The van der Waals surface area contributed by atoms with Gasteiger partial charge < -0.3 is 5.32 Å². The van der Waals surface area contributed by atoms with E-state index in [9.17, 15) is 4.39 Å². The average Bonchev–Trinajstić information content (AvgIpc) is 2.29. The first kappa shape index (κ1) is 13.8. The first-order valence-electron chi connectivity index (χ1n) is 6.31. The van der Waals surface area contributed by atoms with Crippen molar-refractivity contribution in [2.75, 3.05) is 13.1 Å². The van der Waals surface area contributed by atoms with Crippen LogP contribution in [0, 0.1) is 5.82 Å². The first-order chi connectivity index (χ1) is 8.38. The van der Waals surface area contributed by atoms with E-state index in [1.54, 1.807) is 6.07 Å². The van der Waals surface area contributed by atoms with E-state index in [1.165, 1.54) is 6.07 Å². The van der Waals surface area contributed by atoms with E-state index in [1.807, 2.05) is 6.07 Å². The van der Waals surface area contributed by atoms with Gasteiger partial charge in [-0.3, -0.25) is 4.90 Å². The lowest BCUT2D eigenvalue weighted by molar-refractivity contribution is 0.0626. The fraction of sp³-hybridized carbons (Fsp3) is 0.571. The predicted molar refractivity (Wildman–Crippen MR) is 73.4 cm³/mol. The summed E-state index contributed by atoms with van der Waals surface area (Å²) in [6, 6.07) is 5.45. The Bertz CT molecular complexity index is 434. The van der Waals surface area contributed by atoms with Crippen LogP contribution in [0.2, 0.25) is 5.02 Å². The molecule has 0 amide bonds. The van der Waals surface area contributed by atoms with Crippen molar-refractivity contribution in [3.05, 3.63) is 34.6 Å². The number of halogens is 2. The normalized spacial score (nSPS) is 24.2. The molecule has 1 saturated heterocycles. The first-order valence-corrected chi connectivity index (χ1v) is 6.68. The van der Waals surface area contributed by atoms with Gasteiger partial charge in [0, 0.05) is 31.2 Å². The Morgan fingerprint density at radius 3 is 2.89 bits per heavy atom. The quantitative estimate of drug-likeness (QED) is 0.889. The smallest absolute Gasteiger partial charge is 0.141 e. The van der Waals surface area contributed by atoms with Gasteiger partial charge in [-0.2, -0.15) is 0 Å². The lowest BCUT2D eigenvalue weighted by Gasteiger charge is -2.45. The van der Waals surface area contributed by atoms with Crippen molar-refractivity contribution in [1.82, 2.24) is 10.2 Å². The number of hydrogen-bond acceptors (Lipinski definition) is 2. The number of hydrogen-bond donors (Lipinski definition) is 1. The maximum absolute atomic E-state index is 13.1. The van der Waals surface area contributed by atoms with Crippen molar-refractivity contribution in [3.8, 4) is 0 Å². The highest BCUT2D eigenvalue weighted by Gasteiger charge is 2.32. The second-order valence-corrected chi connectivity index (χ2v) is 6.13. The molecule has 0 saturated carbocycles. The van der Waals surface area contributed by atoms with Crippen LogP contribution >= 0.6 is 11.6 Å². The maximum Gasteiger partial charge on any atom is 0.141 e. The van der Waals surface area contributed by atoms with E-state index in [2.05, 4.69) is 31.0 Å². The molecule has 2 rings (SSSR count). The van der Waals surface area contributed by atoms with Crippen LogP contribution in [0.15, 0.2) is 18.2 Å². The Morgan fingerprint density at radius 2 is 2.22 bits per heavy atom. The topological polar surface area (TPSA) is 15.3 Å². The Balaban J connectivity index is 2.13. The largest absolute Gasteiger partial charge is 0.311 e. The van der Waals surface area contributed by atoms with Gasteiger partial charge in [0.25, 0.3) is 0 Å². The number of benzene rings is 1. The molecule has 4 heteroatoms. The standard InChI is InChI=1S/C14H20ClFN2/c1-10-7-18(14(2,3)9-17-10)8-11-4-5-13(16)12(15)6-11/h4-6,10,17H,7-9H2,1-3H3. The van der Waals surface area contributed by atoms with E-state index < -0.39 is 0 Å². The van der Waals surface area contributed by atoms with Crippen LogP contribution in [0.3, 0.4) is 0 Å². The van der Waals surface area contributed by atoms with Crippen molar-refractivity contribution in [3.63, 3.8) is 0 Å². The zero-order valence-corrected chi connectivity index (χ0v) is 11.9. The van der Waals surface area contributed by atoms with E-state index in [4.69, 9.17) is 11.6 Å². The molecule has 1 aliphatic heterocycles. The second kappa shape index (κ2) is 5.16. The lowest BCUT2D eigenvalue weighted by Crippen LogP contribution is -2.60. The van der Waals surface area contributed by atoms with Crippen molar-refractivity contribution >= 4 is 11.6 Å². The van der Waals surface area contributed by atoms with E-state index in [-0.39, 0.29) is 16.4 Å². The molecule has 0 aromatic heterocycles. The zero-order chi connectivity index (χ0) is 13.3. The molecule has 0 aliphatic carbocycles. The van der Waals surface area contributed by atoms with Gasteiger partial charge in [-0.05, 0) is 38.5 Å². The highest BCUT2D eigenvalue weighted by Crippen LogP contribution is 2.23. The van der Waals surface area contributed by atoms with Gasteiger partial charge in [0.15, 0.2) is 0 Å². The number of rotatable bonds is 2. The molecule has 1 aromatic carbocycles. The third-order valence-corrected chi connectivity index (χ3v) is 3.88. The summed E-state index contributed by atoms with van der Waals surface area (Å²) in [6.07, 6.45) is 0. The van der Waals surface area contributed by atoms with E-state index in [0.29, 0.717) is 6.04 Å². The molecule has 1 aliphatic rings. The number of nitrogens with one attached hydrogen (secondary N) is 1. The summed E-state index contributed by atoms with van der Waals surface area (Å²) in [7, 11) is 0. The second-order valence-electron chi connectivity index (χ2n) is 5.72. The molecule has 0 bridgehead atoms. The third kappa shape index (κ3) is 3.02. The van der Waals surface area contributed by atoms with Gasteiger partial charge in [0.2, 0.25) is 0 Å². The van der Waals surface area contributed by atoms with Gasteiger partial charge in [0.1, 0.15) is 5.82 Å². The molecule has 18 heavy (non-hydrogen) atoms. The van der Waals surface area contributed by atoms with Crippen LogP contribution in [-0.2, 0) is 6.54 Å². The summed E-state index contributed by atoms with van der Waals surface area (Å²) in [5.74, 6) is -0.353. The van der Waals surface area contributed by atoms with Crippen LogP contribution in [0.5, 0.6) is 0 Å². The highest BCUT2D eigenvalue weighted by molar-refractivity contribution is 6.30. The Hall–Kier alpha value is -0.640. The minimum atomic E-state index is -0.353. The summed E-state index contributed by atoms with van der Waals surface area (Å²) < 4.78 is 13.1. The minimum Gasteiger partial charge on any atom is -0.311 e. The fourth-order valence-corrected chi connectivity index (χ4v) is 2.52. The minimum absolute atomic E-state index is 0.105. The summed E-state index contributed by atoms with van der Waals surface area (Å²) >= 11 is 5.83. The van der Waals surface area contributed by atoms with Gasteiger partial charge in [-0.25, -0.2) is 4.39 Å². The molecule has 1 fully saturated rings. The Labute approximate surface area is 113 Å². The molecule has 0 radical (unpaired) electrons. The Morgan fingerprint density at radius 1 is 1.50 bits per heavy atom. The van der Waals surface area contributed by atoms with Crippen molar-refractivity contribution < 1.29 is 4.39 Å². The molecule has 1 unspecified atom stereocenters. The van der Waals surface area contributed by atoms with Crippen molar-refractivity contribution in [2.24, 2.45) is 0 Å². The summed E-state index contributed by atoms with van der Waals surface area (Å²) in [6.45, 7) is 9.37.